The molecule has 0 bridgehead atoms. The van der Waals surface area contributed by atoms with Crippen molar-refractivity contribution in [2.75, 3.05) is 68.8 Å². The minimum absolute atomic E-state index is 0.479. The highest BCUT2D eigenvalue weighted by Gasteiger charge is 2.34. The van der Waals surface area contributed by atoms with Gasteiger partial charge in [-0.25, -0.2) is 9.97 Å². The van der Waals surface area contributed by atoms with Gasteiger partial charge in [0.25, 0.3) is 0 Å². The van der Waals surface area contributed by atoms with Gasteiger partial charge in [0.1, 0.15) is 18.0 Å². The Hall–Kier alpha value is -1.44. The van der Waals surface area contributed by atoms with Crippen LogP contribution in [-0.2, 0) is 4.74 Å². The van der Waals surface area contributed by atoms with Crippen molar-refractivity contribution in [1.82, 2.24) is 14.9 Å². The lowest BCUT2D eigenvalue weighted by atomic mass is 9.79. The molecule has 0 unspecified atom stereocenters. The molecule has 1 aromatic rings. The molecule has 7 heteroatoms. The van der Waals surface area contributed by atoms with E-state index in [9.17, 15) is 5.11 Å². The fraction of sp³-hybridized carbons (Fsp3) is 0.800. The molecule has 3 aliphatic rings. The molecule has 150 valence electrons. The predicted molar refractivity (Wildman–Crippen MR) is 106 cm³/mol. The SMILES string of the molecule is CC1CCC(O)(CN2CCN(c3cc(N4CCOCC4)ncn3)CC2)CC1. The third kappa shape index (κ3) is 4.70. The van der Waals surface area contributed by atoms with Gasteiger partial charge < -0.3 is 19.6 Å². The number of β-amino-alcohol motifs (C(OH)–C–C–N with tert-alkyl or cyclic N) is 1. The van der Waals surface area contributed by atoms with Crippen molar-refractivity contribution >= 4 is 11.6 Å². The molecule has 3 fully saturated rings. The highest BCUT2D eigenvalue weighted by atomic mass is 16.5. The van der Waals surface area contributed by atoms with Crippen LogP contribution in [0.5, 0.6) is 0 Å². The van der Waals surface area contributed by atoms with Gasteiger partial charge >= 0.3 is 0 Å². The molecule has 7 nitrogen and oxygen atoms in total. The second-order valence-corrected chi connectivity index (χ2v) is 8.50. The molecule has 0 amide bonds. The number of rotatable bonds is 4. The van der Waals surface area contributed by atoms with E-state index >= 15 is 0 Å². The smallest absolute Gasteiger partial charge is 0.134 e. The van der Waals surface area contributed by atoms with Crippen molar-refractivity contribution in [3.8, 4) is 0 Å². The zero-order valence-corrected chi connectivity index (χ0v) is 16.5. The summed E-state index contributed by atoms with van der Waals surface area (Å²) in [5.74, 6) is 2.77. The number of anilines is 2. The maximum absolute atomic E-state index is 10.9. The Labute approximate surface area is 162 Å². The fourth-order valence-electron chi connectivity index (χ4n) is 4.48. The number of ether oxygens (including phenoxy) is 1. The van der Waals surface area contributed by atoms with E-state index in [4.69, 9.17) is 4.74 Å². The molecule has 1 aromatic heterocycles. The van der Waals surface area contributed by atoms with Crippen LogP contribution in [0.4, 0.5) is 11.6 Å². The van der Waals surface area contributed by atoms with Gasteiger partial charge in [-0.3, -0.25) is 4.90 Å². The lowest BCUT2D eigenvalue weighted by Gasteiger charge is -2.42. The summed E-state index contributed by atoms with van der Waals surface area (Å²) in [4.78, 5) is 16.0. The van der Waals surface area contributed by atoms with Gasteiger partial charge in [0, 0.05) is 51.9 Å². The third-order valence-electron chi connectivity index (χ3n) is 6.39. The summed E-state index contributed by atoms with van der Waals surface area (Å²) in [6, 6.07) is 2.11. The van der Waals surface area contributed by atoms with Crippen LogP contribution in [0.15, 0.2) is 12.4 Å². The first-order valence-corrected chi connectivity index (χ1v) is 10.5. The van der Waals surface area contributed by atoms with E-state index in [1.165, 1.54) is 0 Å². The van der Waals surface area contributed by atoms with Gasteiger partial charge in [0.2, 0.25) is 0 Å². The Morgan fingerprint density at radius 1 is 1.00 bits per heavy atom. The van der Waals surface area contributed by atoms with Crippen molar-refractivity contribution < 1.29 is 9.84 Å². The van der Waals surface area contributed by atoms with Crippen LogP contribution in [0.2, 0.25) is 0 Å². The van der Waals surface area contributed by atoms with Crippen LogP contribution in [0, 0.1) is 5.92 Å². The Balaban J connectivity index is 1.31. The Bertz CT molecular complexity index is 606. The summed E-state index contributed by atoms with van der Waals surface area (Å²) in [6.45, 7) is 10.3. The van der Waals surface area contributed by atoms with Crippen molar-refractivity contribution in [2.24, 2.45) is 5.92 Å². The van der Waals surface area contributed by atoms with E-state index in [0.717, 1.165) is 102 Å². The average Bonchev–Trinajstić information content (AvgIpc) is 2.72. The monoisotopic (exact) mass is 375 g/mol. The standard InChI is InChI=1S/C20H33N5O2/c1-17-2-4-20(26,5-3-17)15-23-6-8-24(9-7-23)18-14-19(22-16-21-18)25-10-12-27-13-11-25/h14,16-17,26H,2-13,15H2,1H3. The Morgan fingerprint density at radius 2 is 1.59 bits per heavy atom. The molecule has 3 heterocycles. The maximum atomic E-state index is 10.9. The first kappa shape index (κ1) is 18.9. The molecule has 4 rings (SSSR count). The number of hydrogen-bond acceptors (Lipinski definition) is 7. The Morgan fingerprint density at radius 3 is 2.22 bits per heavy atom. The predicted octanol–water partition coefficient (Wildman–Crippen LogP) is 1.38. The zero-order valence-electron chi connectivity index (χ0n) is 16.5. The van der Waals surface area contributed by atoms with Crippen LogP contribution < -0.4 is 9.80 Å². The van der Waals surface area contributed by atoms with E-state index in [1.807, 2.05) is 0 Å². The summed E-state index contributed by atoms with van der Waals surface area (Å²) >= 11 is 0. The maximum Gasteiger partial charge on any atom is 0.134 e. The van der Waals surface area contributed by atoms with Crippen molar-refractivity contribution in [3.05, 3.63) is 12.4 Å². The molecule has 0 radical (unpaired) electrons. The highest BCUT2D eigenvalue weighted by Crippen LogP contribution is 2.32. The molecule has 1 N–H and O–H groups in total. The lowest BCUT2D eigenvalue weighted by Crippen LogP contribution is -2.53. The first-order valence-electron chi connectivity index (χ1n) is 10.5. The summed E-state index contributed by atoms with van der Waals surface area (Å²) in [5.41, 5.74) is -0.479. The van der Waals surface area contributed by atoms with Crippen LogP contribution in [0.25, 0.3) is 0 Å². The normalized spacial score (nSPS) is 30.5. The first-order chi connectivity index (χ1) is 13.1. The van der Waals surface area contributed by atoms with Crippen molar-refractivity contribution in [2.45, 2.75) is 38.2 Å². The topological polar surface area (TPSA) is 65.0 Å². The zero-order chi connectivity index (χ0) is 18.7. The summed E-state index contributed by atoms with van der Waals surface area (Å²) in [5, 5.41) is 10.9. The van der Waals surface area contributed by atoms with E-state index < -0.39 is 5.60 Å². The number of aliphatic hydroxyl groups is 1. The van der Waals surface area contributed by atoms with Gasteiger partial charge in [0.15, 0.2) is 0 Å². The minimum Gasteiger partial charge on any atom is -0.389 e. The van der Waals surface area contributed by atoms with E-state index in [0.29, 0.717) is 0 Å². The molecule has 2 saturated heterocycles. The number of aromatic nitrogens is 2. The number of morpholine rings is 1. The Kier molecular flexibility index (Phi) is 5.80. The van der Waals surface area contributed by atoms with E-state index in [1.54, 1.807) is 6.33 Å². The van der Waals surface area contributed by atoms with Crippen LogP contribution in [-0.4, -0.2) is 84.6 Å². The molecular formula is C20H33N5O2. The minimum atomic E-state index is -0.479. The van der Waals surface area contributed by atoms with Crippen molar-refractivity contribution in [1.29, 1.82) is 0 Å². The molecule has 1 saturated carbocycles. The second kappa shape index (κ2) is 8.29. The van der Waals surface area contributed by atoms with Gasteiger partial charge in [-0.15, -0.1) is 0 Å². The van der Waals surface area contributed by atoms with Crippen LogP contribution >= 0.6 is 0 Å². The largest absolute Gasteiger partial charge is 0.389 e. The van der Waals surface area contributed by atoms with Crippen LogP contribution in [0.1, 0.15) is 32.6 Å². The highest BCUT2D eigenvalue weighted by molar-refractivity contribution is 5.50. The quantitative estimate of drug-likeness (QED) is 0.853. The lowest BCUT2D eigenvalue weighted by molar-refractivity contribution is -0.0359. The van der Waals surface area contributed by atoms with E-state index in [2.05, 4.69) is 37.7 Å². The summed E-state index contributed by atoms with van der Waals surface area (Å²) < 4.78 is 5.43. The van der Waals surface area contributed by atoms with E-state index in [-0.39, 0.29) is 0 Å². The van der Waals surface area contributed by atoms with Gasteiger partial charge in [-0.2, -0.15) is 0 Å². The van der Waals surface area contributed by atoms with Crippen molar-refractivity contribution in [3.63, 3.8) is 0 Å². The molecule has 2 aliphatic heterocycles. The molecule has 0 aromatic carbocycles. The molecule has 0 spiro atoms. The average molecular weight is 376 g/mol. The molecular weight excluding hydrogens is 342 g/mol. The summed E-state index contributed by atoms with van der Waals surface area (Å²) in [6.07, 6.45) is 5.88. The number of piperazine rings is 1. The molecule has 1 aliphatic carbocycles. The molecule has 0 atom stereocenters. The summed E-state index contributed by atoms with van der Waals surface area (Å²) in [7, 11) is 0. The van der Waals surface area contributed by atoms with Gasteiger partial charge in [-0.1, -0.05) is 6.92 Å². The fourth-order valence-corrected chi connectivity index (χ4v) is 4.48. The van der Waals surface area contributed by atoms with Gasteiger partial charge in [-0.05, 0) is 31.6 Å². The second-order valence-electron chi connectivity index (χ2n) is 8.50. The molecule has 27 heavy (non-hydrogen) atoms. The number of hydrogen-bond donors (Lipinski definition) is 1. The van der Waals surface area contributed by atoms with Gasteiger partial charge in [0.05, 0.1) is 18.8 Å². The van der Waals surface area contributed by atoms with Crippen LogP contribution in [0.3, 0.4) is 0 Å². The third-order valence-corrected chi connectivity index (χ3v) is 6.39. The number of nitrogens with zero attached hydrogens (tertiary/aromatic N) is 5.